The molecule has 20 heavy (non-hydrogen) atoms. The summed E-state index contributed by atoms with van der Waals surface area (Å²) in [6.07, 6.45) is 3.89. The van der Waals surface area contributed by atoms with Crippen molar-refractivity contribution in [2.45, 2.75) is 70.2 Å². The van der Waals surface area contributed by atoms with Gasteiger partial charge in [0.1, 0.15) is 0 Å². The number of aryl methyl sites for hydroxylation is 1. The van der Waals surface area contributed by atoms with Gasteiger partial charge >= 0.3 is 0 Å². The van der Waals surface area contributed by atoms with Gasteiger partial charge < -0.3 is 9.84 Å². The minimum absolute atomic E-state index is 0.145. The average molecular weight is 274 g/mol. The molecule has 2 atom stereocenters. The number of hydrogen-bond acceptors (Lipinski definition) is 2. The van der Waals surface area contributed by atoms with Crippen LogP contribution in [0.4, 0.5) is 0 Å². The van der Waals surface area contributed by atoms with Gasteiger partial charge in [0.15, 0.2) is 0 Å². The van der Waals surface area contributed by atoms with Crippen LogP contribution in [-0.4, -0.2) is 16.3 Å². The largest absolute Gasteiger partial charge is 0.385 e. The number of rotatable bonds is 1. The number of aliphatic hydroxyl groups is 1. The first-order chi connectivity index (χ1) is 9.25. The first-order valence-corrected chi connectivity index (χ1v) is 7.76. The molecule has 1 N–H and O–H groups in total. The summed E-state index contributed by atoms with van der Waals surface area (Å²) in [4.78, 5) is 0. The molecule has 0 saturated carbocycles. The predicted octanol–water partition coefficient (Wildman–Crippen LogP) is 3.80. The molecule has 2 nitrogen and oxygen atoms in total. The van der Waals surface area contributed by atoms with Crippen LogP contribution in [0.5, 0.6) is 0 Å². The molecular formula is C18H26O2. The van der Waals surface area contributed by atoms with Crippen LogP contribution in [-0.2, 0) is 16.8 Å². The maximum Gasteiger partial charge on any atom is 0.0955 e. The highest BCUT2D eigenvalue weighted by Crippen LogP contribution is 2.53. The Morgan fingerprint density at radius 2 is 1.85 bits per heavy atom. The third-order valence-corrected chi connectivity index (χ3v) is 5.14. The zero-order valence-corrected chi connectivity index (χ0v) is 13.1. The Kier molecular flexibility index (Phi) is 3.04. The highest BCUT2D eigenvalue weighted by Gasteiger charge is 2.56. The Bertz CT molecular complexity index is 518. The van der Waals surface area contributed by atoms with Gasteiger partial charge in [-0.25, -0.2) is 0 Å². The summed E-state index contributed by atoms with van der Waals surface area (Å²) >= 11 is 0. The van der Waals surface area contributed by atoms with Crippen LogP contribution >= 0.6 is 0 Å². The summed E-state index contributed by atoms with van der Waals surface area (Å²) in [5, 5.41) is 11.5. The van der Waals surface area contributed by atoms with Crippen LogP contribution in [0.3, 0.4) is 0 Å². The average Bonchev–Trinajstić information content (AvgIpc) is 2.58. The quantitative estimate of drug-likeness (QED) is 0.844. The van der Waals surface area contributed by atoms with E-state index in [-0.39, 0.29) is 17.1 Å². The van der Waals surface area contributed by atoms with Crippen LogP contribution in [0.2, 0.25) is 0 Å². The second kappa shape index (κ2) is 4.32. The minimum atomic E-state index is -0.744. The van der Waals surface area contributed by atoms with Gasteiger partial charge in [-0.15, -0.1) is 0 Å². The van der Waals surface area contributed by atoms with Crippen LogP contribution in [0.25, 0.3) is 0 Å². The number of hydrogen-bond donors (Lipinski definition) is 1. The van der Waals surface area contributed by atoms with E-state index >= 15 is 0 Å². The van der Waals surface area contributed by atoms with E-state index in [0.29, 0.717) is 0 Å². The Morgan fingerprint density at radius 3 is 2.50 bits per heavy atom. The van der Waals surface area contributed by atoms with Crippen molar-refractivity contribution < 1.29 is 9.84 Å². The number of fused-ring (bicyclic) bond motifs is 1. The fourth-order valence-electron chi connectivity index (χ4n) is 4.51. The highest BCUT2D eigenvalue weighted by molar-refractivity contribution is 5.36. The smallest absolute Gasteiger partial charge is 0.0955 e. The van der Waals surface area contributed by atoms with Crippen LogP contribution < -0.4 is 0 Å². The third-order valence-electron chi connectivity index (χ3n) is 5.14. The Labute approximate surface area is 122 Å². The molecule has 0 radical (unpaired) electrons. The zero-order valence-electron chi connectivity index (χ0n) is 13.1. The molecular weight excluding hydrogens is 248 g/mol. The molecule has 2 aliphatic rings. The van der Waals surface area contributed by atoms with E-state index in [9.17, 15) is 5.11 Å². The van der Waals surface area contributed by atoms with E-state index < -0.39 is 5.60 Å². The summed E-state index contributed by atoms with van der Waals surface area (Å²) in [6, 6.07) is 8.39. The monoisotopic (exact) mass is 274 g/mol. The number of ether oxygens (including phenoxy) is 1. The normalized spacial score (nSPS) is 34.8. The van der Waals surface area contributed by atoms with Crippen molar-refractivity contribution in [2.24, 2.45) is 5.92 Å². The van der Waals surface area contributed by atoms with Crippen molar-refractivity contribution in [3.8, 4) is 0 Å². The Balaban J connectivity index is 2.06. The standard InChI is InChI=1S/C18H26O2/c1-16(2)12-15(17(3,4)20-16)18(19)11-7-9-13-8-5-6-10-14(13)18/h5-6,8,10,15,19H,7,9,11-12H2,1-4H3. The summed E-state index contributed by atoms with van der Waals surface area (Å²) in [5.41, 5.74) is 1.25. The van der Waals surface area contributed by atoms with Gasteiger partial charge in [-0.2, -0.15) is 0 Å². The van der Waals surface area contributed by atoms with E-state index in [1.807, 2.05) is 6.07 Å². The lowest BCUT2D eigenvalue weighted by atomic mass is 9.65. The SMILES string of the molecule is CC1(C)CC(C2(O)CCCc3ccccc32)C(C)(C)O1. The van der Waals surface area contributed by atoms with E-state index in [0.717, 1.165) is 31.2 Å². The zero-order chi connectivity index (χ0) is 14.6. The Morgan fingerprint density at radius 1 is 1.15 bits per heavy atom. The first-order valence-electron chi connectivity index (χ1n) is 7.76. The molecule has 110 valence electrons. The summed E-state index contributed by atoms with van der Waals surface area (Å²) in [5.74, 6) is 0.145. The van der Waals surface area contributed by atoms with Crippen molar-refractivity contribution in [1.29, 1.82) is 0 Å². The molecule has 0 spiro atoms. The van der Waals surface area contributed by atoms with Gasteiger partial charge in [0.05, 0.1) is 16.8 Å². The highest BCUT2D eigenvalue weighted by atomic mass is 16.5. The van der Waals surface area contributed by atoms with Gasteiger partial charge in [-0.1, -0.05) is 24.3 Å². The predicted molar refractivity (Wildman–Crippen MR) is 80.6 cm³/mol. The van der Waals surface area contributed by atoms with Gasteiger partial charge in [-0.05, 0) is 64.5 Å². The molecule has 0 amide bonds. The molecule has 2 unspecified atom stereocenters. The molecule has 2 heteroatoms. The van der Waals surface area contributed by atoms with Crippen molar-refractivity contribution in [3.05, 3.63) is 35.4 Å². The van der Waals surface area contributed by atoms with Gasteiger partial charge in [0, 0.05) is 5.92 Å². The lowest BCUT2D eigenvalue weighted by Gasteiger charge is -2.43. The number of benzene rings is 1. The van der Waals surface area contributed by atoms with E-state index in [4.69, 9.17) is 4.74 Å². The van der Waals surface area contributed by atoms with Crippen LogP contribution in [0, 0.1) is 5.92 Å². The van der Waals surface area contributed by atoms with E-state index in [2.05, 4.69) is 45.9 Å². The Hall–Kier alpha value is -0.860. The molecule has 1 heterocycles. The van der Waals surface area contributed by atoms with Crippen molar-refractivity contribution in [2.75, 3.05) is 0 Å². The maximum atomic E-state index is 11.5. The molecule has 1 fully saturated rings. The summed E-state index contributed by atoms with van der Waals surface area (Å²) < 4.78 is 6.22. The van der Waals surface area contributed by atoms with E-state index in [1.54, 1.807) is 0 Å². The van der Waals surface area contributed by atoms with Crippen molar-refractivity contribution in [1.82, 2.24) is 0 Å². The molecule has 1 saturated heterocycles. The topological polar surface area (TPSA) is 29.5 Å². The summed E-state index contributed by atoms with van der Waals surface area (Å²) in [7, 11) is 0. The lowest BCUT2D eigenvalue weighted by molar-refractivity contribution is -0.121. The molecule has 1 aliphatic carbocycles. The molecule has 1 aromatic carbocycles. The molecule has 0 bridgehead atoms. The first kappa shape index (κ1) is 14.1. The van der Waals surface area contributed by atoms with Gasteiger partial charge in [0.25, 0.3) is 0 Å². The molecule has 3 rings (SSSR count). The lowest BCUT2D eigenvalue weighted by Crippen LogP contribution is -2.46. The molecule has 1 aromatic rings. The maximum absolute atomic E-state index is 11.5. The van der Waals surface area contributed by atoms with E-state index in [1.165, 1.54) is 5.56 Å². The minimum Gasteiger partial charge on any atom is -0.385 e. The second-order valence-electron chi connectivity index (χ2n) is 7.66. The molecule has 1 aliphatic heterocycles. The van der Waals surface area contributed by atoms with Gasteiger partial charge in [0.2, 0.25) is 0 Å². The van der Waals surface area contributed by atoms with Crippen molar-refractivity contribution in [3.63, 3.8) is 0 Å². The third kappa shape index (κ3) is 2.10. The fourth-order valence-corrected chi connectivity index (χ4v) is 4.51. The van der Waals surface area contributed by atoms with Gasteiger partial charge in [-0.3, -0.25) is 0 Å². The van der Waals surface area contributed by atoms with Crippen LogP contribution in [0.1, 0.15) is 58.1 Å². The molecule has 0 aromatic heterocycles. The summed E-state index contributed by atoms with van der Waals surface area (Å²) in [6.45, 7) is 8.52. The van der Waals surface area contributed by atoms with Crippen LogP contribution in [0.15, 0.2) is 24.3 Å². The van der Waals surface area contributed by atoms with Crippen molar-refractivity contribution >= 4 is 0 Å². The fraction of sp³-hybridized carbons (Fsp3) is 0.667. The second-order valence-corrected chi connectivity index (χ2v) is 7.66.